The maximum Gasteiger partial charge on any atom is 0.0553 e. The number of aromatic nitrogens is 2. The van der Waals surface area contributed by atoms with Crippen LogP contribution in [0.2, 0.25) is 0 Å². The molecule has 0 bridgehead atoms. The summed E-state index contributed by atoms with van der Waals surface area (Å²) in [6.45, 7) is 6.98. The fourth-order valence-corrected chi connectivity index (χ4v) is 1.52. The number of rotatable bonds is 6. The van der Waals surface area contributed by atoms with E-state index < -0.39 is 0 Å². The van der Waals surface area contributed by atoms with E-state index in [0.29, 0.717) is 6.04 Å². The molecule has 1 heterocycles. The zero-order valence-corrected chi connectivity index (χ0v) is 9.03. The molecule has 3 heteroatoms. The lowest BCUT2D eigenvalue weighted by Gasteiger charge is -2.16. The van der Waals surface area contributed by atoms with E-state index in [0.717, 1.165) is 19.4 Å². The molecule has 0 fully saturated rings. The molecule has 78 valence electrons. The summed E-state index contributed by atoms with van der Waals surface area (Å²) in [6, 6.07) is 2.40. The van der Waals surface area contributed by atoms with Crippen LogP contribution in [-0.4, -0.2) is 16.3 Å². The second-order valence-corrected chi connectivity index (χ2v) is 3.41. The van der Waals surface area contributed by atoms with Crippen molar-refractivity contribution in [3.63, 3.8) is 0 Å². The second kappa shape index (κ2) is 5.60. The van der Waals surface area contributed by atoms with Gasteiger partial charge in [-0.1, -0.05) is 13.0 Å². The molecule has 0 aromatic carbocycles. The summed E-state index contributed by atoms with van der Waals surface area (Å²) < 4.78 is 1.91. The van der Waals surface area contributed by atoms with E-state index in [1.165, 1.54) is 5.69 Å². The summed E-state index contributed by atoms with van der Waals surface area (Å²) in [5.74, 6) is 0. The Labute approximate surface area is 85.8 Å². The monoisotopic (exact) mass is 193 g/mol. The van der Waals surface area contributed by atoms with Crippen molar-refractivity contribution in [2.24, 2.45) is 7.05 Å². The molecular formula is C11H19N3. The molecule has 1 N–H and O–H groups in total. The molecule has 14 heavy (non-hydrogen) atoms. The third kappa shape index (κ3) is 2.70. The minimum absolute atomic E-state index is 0.347. The standard InChI is InChI=1S/C11H19N3/c1-4-6-10(12-8-5-2)11-7-9-13-14(11)3/h4,7,9-10,12H,1,5-6,8H2,2-3H3. The predicted molar refractivity (Wildman–Crippen MR) is 59.1 cm³/mol. The Morgan fingerprint density at radius 3 is 3.00 bits per heavy atom. The van der Waals surface area contributed by atoms with Gasteiger partial charge in [0, 0.05) is 13.2 Å². The van der Waals surface area contributed by atoms with Gasteiger partial charge in [-0.3, -0.25) is 4.68 Å². The maximum absolute atomic E-state index is 4.17. The highest BCUT2D eigenvalue weighted by atomic mass is 15.3. The normalized spacial score (nSPS) is 12.7. The van der Waals surface area contributed by atoms with Gasteiger partial charge >= 0.3 is 0 Å². The van der Waals surface area contributed by atoms with Crippen LogP contribution >= 0.6 is 0 Å². The van der Waals surface area contributed by atoms with Gasteiger partial charge in [-0.2, -0.15) is 5.10 Å². The number of nitrogens with zero attached hydrogens (tertiary/aromatic N) is 2. The van der Waals surface area contributed by atoms with Crippen LogP contribution in [0.4, 0.5) is 0 Å². The Morgan fingerprint density at radius 2 is 2.50 bits per heavy atom. The van der Waals surface area contributed by atoms with Crippen LogP contribution in [-0.2, 0) is 7.05 Å². The smallest absolute Gasteiger partial charge is 0.0553 e. The summed E-state index contributed by atoms with van der Waals surface area (Å²) in [6.07, 6.45) is 5.87. The van der Waals surface area contributed by atoms with Gasteiger partial charge < -0.3 is 5.32 Å². The Hall–Kier alpha value is -1.09. The molecule has 0 amide bonds. The largest absolute Gasteiger partial charge is 0.308 e. The summed E-state index contributed by atoms with van der Waals surface area (Å²) in [7, 11) is 1.97. The zero-order chi connectivity index (χ0) is 10.4. The van der Waals surface area contributed by atoms with Crippen molar-refractivity contribution in [3.8, 4) is 0 Å². The van der Waals surface area contributed by atoms with Crippen LogP contribution < -0.4 is 5.32 Å². The summed E-state index contributed by atoms with van der Waals surface area (Å²) in [4.78, 5) is 0. The van der Waals surface area contributed by atoms with Crippen molar-refractivity contribution in [3.05, 3.63) is 30.6 Å². The van der Waals surface area contributed by atoms with E-state index in [1.807, 2.05) is 24.0 Å². The molecule has 3 nitrogen and oxygen atoms in total. The Balaban J connectivity index is 2.66. The number of hydrogen-bond acceptors (Lipinski definition) is 2. The quantitative estimate of drug-likeness (QED) is 0.701. The van der Waals surface area contributed by atoms with Gasteiger partial charge in [0.1, 0.15) is 0 Å². The van der Waals surface area contributed by atoms with Crippen molar-refractivity contribution in [2.75, 3.05) is 6.54 Å². The minimum Gasteiger partial charge on any atom is -0.308 e. The highest BCUT2D eigenvalue weighted by molar-refractivity contribution is 5.07. The van der Waals surface area contributed by atoms with Gasteiger partial charge in [0.25, 0.3) is 0 Å². The van der Waals surface area contributed by atoms with Gasteiger partial charge in [-0.05, 0) is 25.5 Å². The summed E-state index contributed by atoms with van der Waals surface area (Å²) in [5.41, 5.74) is 1.22. The van der Waals surface area contributed by atoms with Crippen LogP contribution in [0.15, 0.2) is 24.9 Å². The van der Waals surface area contributed by atoms with E-state index in [2.05, 4.69) is 30.0 Å². The van der Waals surface area contributed by atoms with E-state index >= 15 is 0 Å². The van der Waals surface area contributed by atoms with Crippen LogP contribution in [0, 0.1) is 0 Å². The second-order valence-electron chi connectivity index (χ2n) is 3.41. The highest BCUT2D eigenvalue weighted by Crippen LogP contribution is 2.15. The molecule has 0 aliphatic carbocycles. The first-order chi connectivity index (χ1) is 6.79. The first kappa shape index (κ1) is 11.0. The van der Waals surface area contributed by atoms with Gasteiger partial charge in [0.2, 0.25) is 0 Å². The molecule has 1 unspecified atom stereocenters. The van der Waals surface area contributed by atoms with E-state index in [1.54, 1.807) is 0 Å². The Morgan fingerprint density at radius 1 is 1.71 bits per heavy atom. The molecule has 1 rings (SSSR count). The molecule has 1 aromatic rings. The zero-order valence-electron chi connectivity index (χ0n) is 9.03. The lowest BCUT2D eigenvalue weighted by atomic mass is 10.1. The number of hydrogen-bond donors (Lipinski definition) is 1. The molecule has 0 spiro atoms. The van der Waals surface area contributed by atoms with Crippen LogP contribution in [0.1, 0.15) is 31.5 Å². The predicted octanol–water partition coefficient (Wildman–Crippen LogP) is 2.04. The topological polar surface area (TPSA) is 29.9 Å². The molecule has 0 saturated heterocycles. The molecule has 0 aliphatic rings. The van der Waals surface area contributed by atoms with Crippen molar-refractivity contribution >= 4 is 0 Å². The van der Waals surface area contributed by atoms with Gasteiger partial charge in [0.05, 0.1) is 11.7 Å². The first-order valence-corrected chi connectivity index (χ1v) is 5.11. The SMILES string of the molecule is C=CCC(NCCC)c1ccnn1C. The van der Waals surface area contributed by atoms with Crippen molar-refractivity contribution < 1.29 is 0 Å². The van der Waals surface area contributed by atoms with E-state index in [4.69, 9.17) is 0 Å². The molecule has 0 aliphatic heterocycles. The average Bonchev–Trinajstić information content (AvgIpc) is 2.59. The molecule has 0 saturated carbocycles. The summed E-state index contributed by atoms with van der Waals surface area (Å²) in [5, 5.41) is 7.65. The molecule has 1 atom stereocenters. The van der Waals surface area contributed by atoms with Gasteiger partial charge in [-0.25, -0.2) is 0 Å². The lowest BCUT2D eigenvalue weighted by molar-refractivity contribution is 0.500. The highest BCUT2D eigenvalue weighted by Gasteiger charge is 2.11. The van der Waals surface area contributed by atoms with Crippen LogP contribution in [0.3, 0.4) is 0 Å². The third-order valence-electron chi connectivity index (χ3n) is 2.26. The number of nitrogens with one attached hydrogen (secondary N) is 1. The number of aryl methyl sites for hydroxylation is 1. The van der Waals surface area contributed by atoms with Crippen LogP contribution in [0.5, 0.6) is 0 Å². The fraction of sp³-hybridized carbons (Fsp3) is 0.545. The van der Waals surface area contributed by atoms with Gasteiger partial charge in [-0.15, -0.1) is 6.58 Å². The Kier molecular flexibility index (Phi) is 4.40. The van der Waals surface area contributed by atoms with E-state index in [9.17, 15) is 0 Å². The van der Waals surface area contributed by atoms with Crippen LogP contribution in [0.25, 0.3) is 0 Å². The van der Waals surface area contributed by atoms with Gasteiger partial charge in [0.15, 0.2) is 0 Å². The van der Waals surface area contributed by atoms with Crippen molar-refractivity contribution in [2.45, 2.75) is 25.8 Å². The van der Waals surface area contributed by atoms with Crippen molar-refractivity contribution in [1.29, 1.82) is 0 Å². The first-order valence-electron chi connectivity index (χ1n) is 5.11. The molecule has 0 radical (unpaired) electrons. The summed E-state index contributed by atoms with van der Waals surface area (Å²) >= 11 is 0. The molecular weight excluding hydrogens is 174 g/mol. The molecule has 1 aromatic heterocycles. The Bertz CT molecular complexity index is 278. The minimum atomic E-state index is 0.347. The average molecular weight is 193 g/mol. The van der Waals surface area contributed by atoms with E-state index in [-0.39, 0.29) is 0 Å². The maximum atomic E-state index is 4.17. The van der Waals surface area contributed by atoms with Crippen molar-refractivity contribution in [1.82, 2.24) is 15.1 Å². The fourth-order valence-electron chi connectivity index (χ4n) is 1.52. The lowest BCUT2D eigenvalue weighted by Crippen LogP contribution is -2.23. The third-order valence-corrected chi connectivity index (χ3v) is 2.26.